The van der Waals surface area contributed by atoms with Crippen LogP contribution in [-0.2, 0) is 0 Å². The van der Waals surface area contributed by atoms with Gasteiger partial charge in [0, 0.05) is 5.56 Å². The molecule has 0 saturated heterocycles. The summed E-state index contributed by atoms with van der Waals surface area (Å²) in [6, 6.07) is 0. The normalized spacial score (nSPS) is 10.5. The van der Waals surface area contributed by atoms with Crippen molar-refractivity contribution < 1.29 is 5.21 Å². The Labute approximate surface area is 88.1 Å². The number of nitrogens with zero attached hydrogens (tertiary/aromatic N) is 1. The van der Waals surface area contributed by atoms with Crippen LogP contribution in [0, 0.1) is 0 Å². The molecule has 5 nitrogen and oxygen atoms in total. The summed E-state index contributed by atoms with van der Waals surface area (Å²) in [5.41, 5.74) is 15.2. The van der Waals surface area contributed by atoms with Crippen molar-refractivity contribution in [2.75, 3.05) is 16.9 Å². The zero-order valence-corrected chi connectivity index (χ0v) is 8.49. The fourth-order valence-electron chi connectivity index (χ4n) is 1.23. The Bertz CT molecular complexity index is 412. The van der Waals surface area contributed by atoms with Crippen molar-refractivity contribution in [3.05, 3.63) is 23.9 Å². The van der Waals surface area contributed by atoms with Crippen molar-refractivity contribution in [2.45, 2.75) is 6.92 Å². The molecule has 5 heteroatoms. The molecule has 80 valence electrons. The standard InChI is InChI=1S/C10H14N4O/c1-3-5-6-7(4-2)13-10(14-15)9(12)8(6)11/h3-5,15H,2,12H2,1H3,(H3,11,13,14)/b5-3-. The third kappa shape index (κ3) is 1.92. The molecule has 0 atom stereocenters. The quantitative estimate of drug-likeness (QED) is 0.564. The highest BCUT2D eigenvalue weighted by atomic mass is 16.5. The Balaban J connectivity index is 3.51. The maximum absolute atomic E-state index is 8.78. The zero-order chi connectivity index (χ0) is 11.4. The monoisotopic (exact) mass is 206 g/mol. The van der Waals surface area contributed by atoms with E-state index in [4.69, 9.17) is 16.7 Å². The summed E-state index contributed by atoms with van der Waals surface area (Å²) < 4.78 is 0. The number of nitrogens with one attached hydrogen (secondary N) is 1. The maximum Gasteiger partial charge on any atom is 0.175 e. The first kappa shape index (κ1) is 11.1. The number of pyridine rings is 1. The molecule has 0 radical (unpaired) electrons. The van der Waals surface area contributed by atoms with Crippen molar-refractivity contribution in [2.24, 2.45) is 0 Å². The zero-order valence-electron chi connectivity index (χ0n) is 8.49. The Hall–Kier alpha value is -2.01. The third-order valence-electron chi connectivity index (χ3n) is 1.98. The van der Waals surface area contributed by atoms with Crippen molar-refractivity contribution in [3.63, 3.8) is 0 Å². The molecule has 0 bridgehead atoms. The predicted molar refractivity (Wildman–Crippen MR) is 63.3 cm³/mol. The molecular formula is C10H14N4O. The van der Waals surface area contributed by atoms with Crippen molar-refractivity contribution in [1.29, 1.82) is 0 Å². The number of hydrogen-bond donors (Lipinski definition) is 4. The highest BCUT2D eigenvalue weighted by molar-refractivity contribution is 5.86. The molecule has 1 heterocycles. The van der Waals surface area contributed by atoms with E-state index in [-0.39, 0.29) is 11.5 Å². The van der Waals surface area contributed by atoms with Crippen LogP contribution in [0.15, 0.2) is 12.7 Å². The first-order valence-electron chi connectivity index (χ1n) is 4.39. The Morgan fingerprint density at radius 3 is 2.53 bits per heavy atom. The summed E-state index contributed by atoms with van der Waals surface area (Å²) in [7, 11) is 0. The van der Waals surface area contributed by atoms with Crippen molar-refractivity contribution in [3.8, 4) is 0 Å². The lowest BCUT2D eigenvalue weighted by atomic mass is 10.1. The van der Waals surface area contributed by atoms with Crippen LogP contribution in [0.1, 0.15) is 18.2 Å². The largest absolute Gasteiger partial charge is 0.396 e. The van der Waals surface area contributed by atoms with Crippen LogP contribution >= 0.6 is 0 Å². The van der Waals surface area contributed by atoms with Gasteiger partial charge in [-0.25, -0.2) is 4.98 Å². The number of nitrogen functional groups attached to an aromatic ring is 2. The molecule has 0 fully saturated rings. The number of anilines is 3. The van der Waals surface area contributed by atoms with Gasteiger partial charge in [0.25, 0.3) is 0 Å². The summed E-state index contributed by atoms with van der Waals surface area (Å²) in [6.07, 6.45) is 5.16. The summed E-state index contributed by atoms with van der Waals surface area (Å²) in [6.45, 7) is 5.48. The third-order valence-corrected chi connectivity index (χ3v) is 1.98. The molecule has 0 saturated carbocycles. The molecule has 15 heavy (non-hydrogen) atoms. The fraction of sp³-hybridized carbons (Fsp3) is 0.100. The van der Waals surface area contributed by atoms with Gasteiger partial charge < -0.3 is 11.5 Å². The second-order valence-electron chi connectivity index (χ2n) is 2.90. The molecule has 0 aliphatic rings. The van der Waals surface area contributed by atoms with E-state index in [1.807, 2.05) is 18.5 Å². The van der Waals surface area contributed by atoms with Gasteiger partial charge in [0.2, 0.25) is 0 Å². The van der Waals surface area contributed by atoms with Crippen LogP contribution in [-0.4, -0.2) is 10.2 Å². The minimum atomic E-state index is 0.135. The number of nitrogens with two attached hydrogens (primary N) is 2. The van der Waals surface area contributed by atoms with E-state index in [2.05, 4.69) is 11.6 Å². The molecule has 1 rings (SSSR count). The smallest absolute Gasteiger partial charge is 0.175 e. The van der Waals surface area contributed by atoms with Crippen molar-refractivity contribution >= 4 is 29.3 Å². The summed E-state index contributed by atoms with van der Waals surface area (Å²) in [4.78, 5) is 4.05. The van der Waals surface area contributed by atoms with Gasteiger partial charge in [0.1, 0.15) is 5.69 Å². The number of rotatable bonds is 3. The van der Waals surface area contributed by atoms with Gasteiger partial charge in [0.15, 0.2) is 5.82 Å². The average molecular weight is 206 g/mol. The van der Waals surface area contributed by atoms with E-state index in [0.717, 1.165) is 0 Å². The summed E-state index contributed by atoms with van der Waals surface area (Å²) >= 11 is 0. The number of aromatic nitrogens is 1. The molecule has 0 aliphatic carbocycles. The lowest BCUT2D eigenvalue weighted by molar-refractivity contribution is 0.386. The Kier molecular flexibility index (Phi) is 3.30. The first-order chi connectivity index (χ1) is 7.15. The van der Waals surface area contributed by atoms with E-state index >= 15 is 0 Å². The second kappa shape index (κ2) is 4.47. The SMILES string of the molecule is C=Cc1nc(NO)c(N)c(N)c1/C=C\C. The molecular weight excluding hydrogens is 192 g/mol. The van der Waals surface area contributed by atoms with Gasteiger partial charge in [-0.05, 0) is 13.0 Å². The van der Waals surface area contributed by atoms with E-state index in [0.29, 0.717) is 16.9 Å². The molecule has 6 N–H and O–H groups in total. The molecule has 0 aromatic carbocycles. The van der Waals surface area contributed by atoms with Crippen LogP contribution < -0.4 is 16.9 Å². The van der Waals surface area contributed by atoms with E-state index in [9.17, 15) is 0 Å². The van der Waals surface area contributed by atoms with E-state index in [1.54, 1.807) is 12.2 Å². The highest BCUT2D eigenvalue weighted by Gasteiger charge is 2.11. The lowest BCUT2D eigenvalue weighted by Gasteiger charge is -2.11. The molecule has 0 aliphatic heterocycles. The van der Waals surface area contributed by atoms with Crippen LogP contribution in [0.5, 0.6) is 0 Å². The van der Waals surface area contributed by atoms with Crippen LogP contribution in [0.2, 0.25) is 0 Å². The minimum absolute atomic E-state index is 0.135. The first-order valence-corrected chi connectivity index (χ1v) is 4.39. The Morgan fingerprint density at radius 1 is 1.40 bits per heavy atom. The van der Waals surface area contributed by atoms with Crippen LogP contribution in [0.3, 0.4) is 0 Å². The number of hydrogen-bond acceptors (Lipinski definition) is 5. The molecule has 0 unspecified atom stereocenters. The topological polar surface area (TPSA) is 97.2 Å². The lowest BCUT2D eigenvalue weighted by Crippen LogP contribution is -2.07. The molecule has 1 aromatic rings. The van der Waals surface area contributed by atoms with Gasteiger partial charge in [-0.3, -0.25) is 10.7 Å². The molecule has 1 aromatic heterocycles. The van der Waals surface area contributed by atoms with Gasteiger partial charge in [-0.15, -0.1) is 0 Å². The highest BCUT2D eigenvalue weighted by Crippen LogP contribution is 2.30. The maximum atomic E-state index is 8.78. The molecule has 0 amide bonds. The second-order valence-corrected chi connectivity index (χ2v) is 2.90. The predicted octanol–water partition coefficient (Wildman–Crippen LogP) is 1.72. The van der Waals surface area contributed by atoms with Crippen molar-refractivity contribution in [1.82, 2.24) is 4.98 Å². The van der Waals surface area contributed by atoms with Gasteiger partial charge in [0.05, 0.1) is 11.4 Å². The van der Waals surface area contributed by atoms with Crippen LogP contribution in [0.25, 0.3) is 12.2 Å². The minimum Gasteiger partial charge on any atom is -0.396 e. The Morgan fingerprint density at radius 2 is 2.07 bits per heavy atom. The molecule has 0 spiro atoms. The van der Waals surface area contributed by atoms with Gasteiger partial charge >= 0.3 is 0 Å². The fourth-order valence-corrected chi connectivity index (χ4v) is 1.23. The summed E-state index contributed by atoms with van der Waals surface area (Å²) in [5, 5.41) is 8.78. The number of allylic oxidation sites excluding steroid dienone is 1. The van der Waals surface area contributed by atoms with Gasteiger partial charge in [-0.2, -0.15) is 0 Å². The van der Waals surface area contributed by atoms with E-state index < -0.39 is 0 Å². The van der Waals surface area contributed by atoms with Crippen LogP contribution in [0.4, 0.5) is 17.2 Å². The van der Waals surface area contributed by atoms with Gasteiger partial charge in [-0.1, -0.05) is 18.7 Å². The average Bonchev–Trinajstić information content (AvgIpc) is 2.25. The summed E-state index contributed by atoms with van der Waals surface area (Å²) in [5.74, 6) is 0.135. The van der Waals surface area contributed by atoms with E-state index in [1.165, 1.54) is 0 Å².